The summed E-state index contributed by atoms with van der Waals surface area (Å²) in [5, 5.41) is 7.29. The molecule has 134 valence electrons. The zero-order valence-corrected chi connectivity index (χ0v) is 14.3. The molecule has 10 heteroatoms. The number of alkyl carbamates (subject to hydrolysis) is 2. The first kappa shape index (κ1) is 21.3. The average molecular weight is 351 g/mol. The van der Waals surface area contributed by atoms with Gasteiger partial charge in [-0.05, 0) is 6.42 Å². The molecule has 0 saturated carbocycles. The summed E-state index contributed by atoms with van der Waals surface area (Å²) >= 11 is 3.99. The molecule has 0 aliphatic rings. The number of thiol groups is 1. The molecular weight excluding hydrogens is 326 g/mol. The third kappa shape index (κ3) is 12.5. The molecule has 9 nitrogen and oxygen atoms in total. The second kappa shape index (κ2) is 13.9. The minimum atomic E-state index is -0.607. The van der Waals surface area contributed by atoms with E-state index in [9.17, 15) is 14.4 Å². The van der Waals surface area contributed by atoms with Crippen LogP contribution in [-0.2, 0) is 19.0 Å². The van der Waals surface area contributed by atoms with Crippen LogP contribution in [-0.4, -0.2) is 70.4 Å². The van der Waals surface area contributed by atoms with Crippen molar-refractivity contribution in [3.8, 4) is 0 Å². The number of rotatable bonds is 11. The fourth-order valence-electron chi connectivity index (χ4n) is 1.39. The van der Waals surface area contributed by atoms with Gasteiger partial charge in [-0.2, -0.15) is 12.6 Å². The zero-order chi connectivity index (χ0) is 17.5. The van der Waals surface area contributed by atoms with Gasteiger partial charge in [0, 0.05) is 39.4 Å². The van der Waals surface area contributed by atoms with Crippen molar-refractivity contribution in [2.45, 2.75) is 18.9 Å². The summed E-state index contributed by atoms with van der Waals surface area (Å²) in [4.78, 5) is 33.5. The van der Waals surface area contributed by atoms with Crippen molar-refractivity contribution in [1.82, 2.24) is 16.0 Å². The fourth-order valence-corrected chi connectivity index (χ4v) is 1.50. The molecule has 0 rings (SSSR count). The third-order valence-electron chi connectivity index (χ3n) is 2.54. The lowest BCUT2D eigenvalue weighted by Gasteiger charge is -2.17. The first-order valence-electron chi connectivity index (χ1n) is 7.21. The summed E-state index contributed by atoms with van der Waals surface area (Å²) in [6, 6.07) is 0. The molecular formula is C13H25N3O6S. The highest BCUT2D eigenvalue weighted by molar-refractivity contribution is 7.80. The molecule has 0 aromatic rings. The van der Waals surface area contributed by atoms with Gasteiger partial charge in [0.2, 0.25) is 5.91 Å². The number of ether oxygens (including phenoxy) is 3. The standard InChI is InChI=1S/C13H25N3O6S/c1-14-12(18)21-8-10(9-22-13(19)15-2)20-6-3-4-11(17)16-5-7-23/h10,23H,3-9H2,1-2H3,(H,14,18)(H,15,19)(H,16,17). The molecule has 0 saturated heterocycles. The van der Waals surface area contributed by atoms with Gasteiger partial charge in [-0.3, -0.25) is 4.79 Å². The maximum absolute atomic E-state index is 11.4. The molecule has 0 bridgehead atoms. The van der Waals surface area contributed by atoms with Crippen molar-refractivity contribution < 1.29 is 28.6 Å². The van der Waals surface area contributed by atoms with Gasteiger partial charge in [0.05, 0.1) is 0 Å². The second-order valence-corrected chi connectivity index (χ2v) is 4.81. The Labute approximate surface area is 141 Å². The maximum Gasteiger partial charge on any atom is 0.406 e. The number of hydrogen-bond acceptors (Lipinski definition) is 7. The molecule has 0 aromatic heterocycles. The maximum atomic E-state index is 11.4. The Bertz CT molecular complexity index is 350. The van der Waals surface area contributed by atoms with Crippen molar-refractivity contribution in [2.24, 2.45) is 0 Å². The first-order chi connectivity index (χ1) is 11.0. The minimum absolute atomic E-state index is 0.0669. The first-order valence-corrected chi connectivity index (χ1v) is 7.84. The summed E-state index contributed by atoms with van der Waals surface area (Å²) in [6.07, 6.45) is -1.01. The lowest BCUT2D eigenvalue weighted by Crippen LogP contribution is -2.33. The Kier molecular flexibility index (Phi) is 12.9. The van der Waals surface area contributed by atoms with Crippen LogP contribution in [0.3, 0.4) is 0 Å². The topological polar surface area (TPSA) is 115 Å². The van der Waals surface area contributed by atoms with Gasteiger partial charge >= 0.3 is 12.2 Å². The van der Waals surface area contributed by atoms with Crippen molar-refractivity contribution in [3.05, 3.63) is 0 Å². The number of hydrogen-bond donors (Lipinski definition) is 4. The van der Waals surface area contributed by atoms with Gasteiger partial charge < -0.3 is 30.2 Å². The second-order valence-electron chi connectivity index (χ2n) is 4.37. The van der Waals surface area contributed by atoms with Gasteiger partial charge in [0.15, 0.2) is 0 Å². The molecule has 0 atom stereocenters. The summed E-state index contributed by atoms with van der Waals surface area (Å²) < 4.78 is 15.2. The molecule has 0 aliphatic heterocycles. The third-order valence-corrected chi connectivity index (χ3v) is 2.77. The van der Waals surface area contributed by atoms with Crippen molar-refractivity contribution >= 4 is 30.7 Å². The lowest BCUT2D eigenvalue weighted by atomic mass is 10.3. The van der Waals surface area contributed by atoms with E-state index in [2.05, 4.69) is 28.6 Å². The van der Waals surface area contributed by atoms with Crippen LogP contribution < -0.4 is 16.0 Å². The number of carbonyl (C=O) groups is 3. The summed E-state index contributed by atoms with van der Waals surface area (Å²) in [7, 11) is 2.87. The smallest absolute Gasteiger partial charge is 0.406 e. The van der Waals surface area contributed by atoms with Crippen molar-refractivity contribution in [2.75, 3.05) is 46.2 Å². The van der Waals surface area contributed by atoms with Crippen LogP contribution in [0.25, 0.3) is 0 Å². The highest BCUT2D eigenvalue weighted by Gasteiger charge is 2.15. The molecule has 23 heavy (non-hydrogen) atoms. The normalized spacial score (nSPS) is 10.1. The molecule has 0 spiro atoms. The van der Waals surface area contributed by atoms with Crippen LogP contribution in [0.1, 0.15) is 12.8 Å². The number of carbonyl (C=O) groups excluding carboxylic acids is 3. The predicted molar refractivity (Wildman–Crippen MR) is 86.7 cm³/mol. The number of nitrogens with one attached hydrogen (secondary N) is 3. The molecule has 0 aliphatic carbocycles. The van der Waals surface area contributed by atoms with Crippen LogP contribution in [0.4, 0.5) is 9.59 Å². The highest BCUT2D eigenvalue weighted by Crippen LogP contribution is 2.00. The van der Waals surface area contributed by atoms with Crippen molar-refractivity contribution in [3.63, 3.8) is 0 Å². The van der Waals surface area contributed by atoms with E-state index in [-0.39, 0.29) is 25.7 Å². The Morgan fingerprint density at radius 3 is 2.09 bits per heavy atom. The minimum Gasteiger partial charge on any atom is -0.447 e. The Morgan fingerprint density at radius 2 is 1.61 bits per heavy atom. The fraction of sp³-hybridized carbons (Fsp3) is 0.769. The van der Waals surface area contributed by atoms with E-state index in [0.29, 0.717) is 25.1 Å². The van der Waals surface area contributed by atoms with Gasteiger partial charge in [-0.1, -0.05) is 0 Å². The van der Waals surface area contributed by atoms with E-state index in [1.807, 2.05) is 0 Å². The quantitative estimate of drug-likeness (QED) is 0.305. The molecule has 0 unspecified atom stereocenters. The monoisotopic (exact) mass is 351 g/mol. The van der Waals surface area contributed by atoms with Crippen LogP contribution in [0.5, 0.6) is 0 Å². The highest BCUT2D eigenvalue weighted by atomic mass is 32.1. The molecule has 3 amide bonds. The molecule has 0 aromatic carbocycles. The van der Waals surface area contributed by atoms with E-state index >= 15 is 0 Å². The Balaban J connectivity index is 4.05. The lowest BCUT2D eigenvalue weighted by molar-refractivity contribution is -0.121. The van der Waals surface area contributed by atoms with Crippen LogP contribution in [0.2, 0.25) is 0 Å². The van der Waals surface area contributed by atoms with Gasteiger partial charge in [0.1, 0.15) is 19.3 Å². The van der Waals surface area contributed by atoms with Crippen LogP contribution in [0, 0.1) is 0 Å². The van der Waals surface area contributed by atoms with Crippen molar-refractivity contribution in [1.29, 1.82) is 0 Å². The van der Waals surface area contributed by atoms with E-state index in [4.69, 9.17) is 14.2 Å². The molecule has 0 heterocycles. The summed E-state index contributed by atoms with van der Waals surface area (Å²) in [5.74, 6) is 0.500. The van der Waals surface area contributed by atoms with Gasteiger partial charge in [-0.15, -0.1) is 0 Å². The SMILES string of the molecule is CNC(=O)OCC(COC(=O)NC)OCCCC(=O)NCCS. The van der Waals surface area contributed by atoms with E-state index < -0.39 is 18.3 Å². The largest absolute Gasteiger partial charge is 0.447 e. The predicted octanol–water partition coefficient (Wildman–Crippen LogP) is -0.0902. The summed E-state index contributed by atoms with van der Waals surface area (Å²) in [5.41, 5.74) is 0. The summed E-state index contributed by atoms with van der Waals surface area (Å²) in [6.45, 7) is 0.656. The average Bonchev–Trinajstić information content (AvgIpc) is 2.57. The molecule has 3 N–H and O–H groups in total. The van der Waals surface area contributed by atoms with Gasteiger partial charge in [0.25, 0.3) is 0 Å². The van der Waals surface area contributed by atoms with E-state index in [1.54, 1.807) is 0 Å². The van der Waals surface area contributed by atoms with Crippen LogP contribution >= 0.6 is 12.6 Å². The Hall–Kier alpha value is -1.68. The molecule has 0 radical (unpaired) electrons. The van der Waals surface area contributed by atoms with Crippen LogP contribution in [0.15, 0.2) is 0 Å². The number of amides is 3. The zero-order valence-electron chi connectivity index (χ0n) is 13.4. The van der Waals surface area contributed by atoms with E-state index in [1.165, 1.54) is 14.1 Å². The van der Waals surface area contributed by atoms with Gasteiger partial charge in [-0.25, -0.2) is 9.59 Å². The molecule has 0 fully saturated rings. The van der Waals surface area contributed by atoms with E-state index in [0.717, 1.165) is 0 Å². The Morgan fingerprint density at radius 1 is 1.04 bits per heavy atom.